The maximum Gasteiger partial charge on any atom is 0.534 e. The Hall–Kier alpha value is -14.9. The lowest BCUT2D eigenvalue weighted by molar-refractivity contribution is -0.0501. The molecule has 20 rings (SSSR count). The quantitative estimate of drug-likeness (QED) is 0.0204. The molecule has 2 saturated heterocycles. The largest absolute Gasteiger partial charge is 0.534 e. The highest BCUT2D eigenvalue weighted by molar-refractivity contribution is 9.10. The Kier molecular flexibility index (Phi) is 32.2. The average Bonchev–Trinajstić information content (AvgIpc) is 1.61. The van der Waals surface area contributed by atoms with Gasteiger partial charge in [-0.1, -0.05) is 30.3 Å². The zero-order valence-electron chi connectivity index (χ0n) is 81.9. The van der Waals surface area contributed by atoms with Crippen LogP contribution in [0.3, 0.4) is 0 Å². The number of aromatic amines is 1. The molecular formula is C103H101B2BrF3N19O13S4. The number of thiophene rings is 3. The van der Waals surface area contributed by atoms with Gasteiger partial charge in [0.25, 0.3) is 23.3 Å². The van der Waals surface area contributed by atoms with E-state index < -0.39 is 75.9 Å². The number of hydrogen-bond acceptors (Lipinski definition) is 27. The first-order valence-corrected chi connectivity index (χ1v) is 49.6. The van der Waals surface area contributed by atoms with E-state index in [-0.39, 0.29) is 22.6 Å². The first-order chi connectivity index (χ1) is 68.7. The molecule has 145 heavy (non-hydrogen) atoms. The summed E-state index contributed by atoms with van der Waals surface area (Å²) in [4.78, 5) is 111. The Morgan fingerprint density at radius 2 is 0.931 bits per heavy atom. The Morgan fingerprint density at radius 1 is 0.497 bits per heavy atom. The van der Waals surface area contributed by atoms with Crippen LogP contribution in [-0.4, -0.2) is 173 Å². The number of carbonyl (C=O) groups excluding carboxylic acids is 4. The predicted molar refractivity (Wildman–Crippen MR) is 561 cm³/mol. The SMILES string of the molecule is CC1(C)OB(c2ccsc2-c2ccc3ncc(C(N)=O)n3c2)OC1(C)C.COc1ncccc1-c1cccc(C)n1.Cc1cc(B2OC(C)(C)C(C)(C)O2)c(-c2ccc3ncc(C(N)=O)n3c2)s1.Cc1cc(Br)c(-c2ccc3ncc(C(N)=O)n3c2)s1.Cc1cccc(-c2ccc[nH]c2=O)n1.Cc1cccc(-c2cccnc2OS(=O)(=O)C(F)(F)F)n1.Cc1cccc(/C(=C/N(C)C)C(=O)c2ccc3nccn3c2)n1. The van der Waals surface area contributed by atoms with Gasteiger partial charge in [0.15, 0.2) is 5.78 Å². The number of fused-ring (bicyclic) bond motifs is 4. The molecule has 2 aliphatic rings. The van der Waals surface area contributed by atoms with Crippen LogP contribution in [0.2, 0.25) is 0 Å². The number of primary amides is 3. The molecule has 0 saturated carbocycles. The van der Waals surface area contributed by atoms with Crippen molar-refractivity contribution in [3.05, 3.63) is 338 Å². The van der Waals surface area contributed by atoms with Crippen LogP contribution in [0.1, 0.15) is 135 Å². The van der Waals surface area contributed by atoms with E-state index in [0.717, 1.165) is 91.8 Å². The average molecular weight is 2100 g/mol. The molecule has 0 bridgehead atoms. The van der Waals surface area contributed by atoms with Crippen LogP contribution in [0.15, 0.2) is 271 Å². The van der Waals surface area contributed by atoms with Crippen molar-refractivity contribution in [3.63, 3.8) is 0 Å². The summed E-state index contributed by atoms with van der Waals surface area (Å²) < 4.78 is 101. The molecule has 20 heterocycles. The number of nitrogens with one attached hydrogen (secondary N) is 1. The van der Waals surface area contributed by atoms with Crippen molar-refractivity contribution >= 4 is 137 Å². The van der Waals surface area contributed by atoms with Gasteiger partial charge in [-0.3, -0.25) is 57.1 Å². The van der Waals surface area contributed by atoms with Gasteiger partial charge in [0.1, 0.15) is 39.7 Å². The fourth-order valence-corrected chi connectivity index (χ4v) is 19.1. The van der Waals surface area contributed by atoms with E-state index >= 15 is 0 Å². The fraction of sp³-hybridized carbons (Fsp3) is 0.214. The zero-order valence-corrected chi connectivity index (χ0v) is 86.7. The molecule has 32 nitrogen and oxygen atoms in total. The lowest BCUT2D eigenvalue weighted by Crippen LogP contribution is -2.41. The number of halogens is 4. The fourth-order valence-electron chi connectivity index (χ4n) is 14.8. The number of nitrogens with two attached hydrogens (primary N) is 3. The van der Waals surface area contributed by atoms with Gasteiger partial charge in [0.05, 0.1) is 98.0 Å². The zero-order chi connectivity index (χ0) is 105. The van der Waals surface area contributed by atoms with Crippen LogP contribution in [0.25, 0.3) is 93.3 Å². The lowest BCUT2D eigenvalue weighted by atomic mass is 9.78. The summed E-state index contributed by atoms with van der Waals surface area (Å²) in [5.41, 5.74) is 26.6. The summed E-state index contributed by atoms with van der Waals surface area (Å²) in [5, 5.41) is 2.02. The summed E-state index contributed by atoms with van der Waals surface area (Å²) in [6, 6.07) is 53.7. The predicted octanol–water partition coefficient (Wildman–Crippen LogP) is 18.2. The van der Waals surface area contributed by atoms with E-state index in [1.807, 2.05) is 251 Å². The monoisotopic (exact) mass is 2100 g/mol. The number of ketones is 1. The summed E-state index contributed by atoms with van der Waals surface area (Å²) >= 11 is 8.52. The van der Waals surface area contributed by atoms with Gasteiger partial charge in [-0.05, 0) is 264 Å². The van der Waals surface area contributed by atoms with Gasteiger partial charge in [0, 0.05) is 156 Å². The normalized spacial score (nSPS) is 13.8. The number of alkyl halides is 3. The van der Waals surface area contributed by atoms with Gasteiger partial charge in [-0.15, -0.1) is 34.0 Å². The van der Waals surface area contributed by atoms with E-state index in [0.29, 0.717) is 73.7 Å². The molecule has 3 amide bonds. The molecule has 0 spiro atoms. The Balaban J connectivity index is 0.000000135. The number of pyridine rings is 11. The highest BCUT2D eigenvalue weighted by Gasteiger charge is 2.54. The third-order valence-corrected chi connectivity index (χ3v) is 28.5. The maximum absolute atomic E-state index is 13.0. The molecular weight excluding hydrogens is 2000 g/mol. The summed E-state index contributed by atoms with van der Waals surface area (Å²) in [6.45, 7) is 27.9. The van der Waals surface area contributed by atoms with Crippen LogP contribution in [0.5, 0.6) is 11.8 Å². The number of methoxy groups -OCH3 is 1. The summed E-state index contributed by atoms with van der Waals surface area (Å²) in [7, 11) is -1.26. The molecule has 2 fully saturated rings. The van der Waals surface area contributed by atoms with Gasteiger partial charge < -0.3 is 59.0 Å². The maximum atomic E-state index is 13.0. The van der Waals surface area contributed by atoms with Crippen molar-refractivity contribution in [2.24, 2.45) is 17.2 Å². The van der Waals surface area contributed by atoms with Crippen molar-refractivity contribution < 1.29 is 68.3 Å². The molecule has 18 aromatic rings. The highest BCUT2D eigenvalue weighted by atomic mass is 79.9. The van der Waals surface area contributed by atoms with E-state index in [1.54, 1.807) is 116 Å². The molecule has 0 unspecified atom stereocenters. The van der Waals surface area contributed by atoms with Gasteiger partial charge in [-0.25, -0.2) is 29.9 Å². The van der Waals surface area contributed by atoms with Crippen LogP contribution >= 0.6 is 49.9 Å². The number of amides is 3. The first kappa shape index (κ1) is 106. The number of H-pyrrole nitrogens is 1. The molecule has 0 aromatic carbocycles. The second kappa shape index (κ2) is 44.1. The second-order valence-corrected chi connectivity index (χ2v) is 41.3. The number of nitrogens with zero attached hydrogens (tertiary/aromatic N) is 15. The van der Waals surface area contributed by atoms with E-state index in [2.05, 4.69) is 101 Å². The number of carbonyl (C=O) groups is 4. The summed E-state index contributed by atoms with van der Waals surface area (Å²) in [6.07, 6.45) is 21.7. The number of ether oxygens (including phenoxy) is 1. The van der Waals surface area contributed by atoms with E-state index in [4.69, 9.17) is 40.6 Å². The van der Waals surface area contributed by atoms with Crippen molar-refractivity contribution in [2.75, 3.05) is 21.2 Å². The van der Waals surface area contributed by atoms with Crippen LogP contribution in [0, 0.1) is 41.5 Å². The molecule has 0 aliphatic carbocycles. The Morgan fingerprint density at radius 3 is 1.39 bits per heavy atom. The minimum absolute atomic E-state index is 0.0500. The molecule has 42 heteroatoms. The number of imidazole rings is 4. The lowest BCUT2D eigenvalue weighted by Gasteiger charge is -2.32. The number of Topliss-reactive ketones (excluding diaryl/α,β-unsaturated/α-hetero) is 1. The molecule has 18 aromatic heterocycles. The standard InChI is InChI=1S/C19H22BN3O3S.C18H20BN3O3S.C18H18N4O.C13H10BrN3OS.C12H9F3N2O3S.C12H12N2O.C11H10N2O/c1-11-8-13(20-25-18(2,3)19(4,5)26-20)16(27-11)12-6-7-15-22-9-14(17(21)24)23(15)10-12;1-17(2)18(3,4)25-19(24-17)12-7-8-26-15(12)11-5-6-14-21-9-13(16(20)23)22(14)10-11;1-13-5-4-6-16(20-13)15(12-21(2)3)18(23)14-7-8-17-19-9-10-22(17)11-14;1-7-4-9(14)12(19-7)8-2-3-11-16-5-10(13(15)18)17(11)6-8;1-8-4-2-6-10(17-8)9-5-3-7-16-11(9)20-21(18,19)12(13,14)15;1-9-5-3-7-11(14-9)10-6-4-8-13-12(10)15-2;1-8-4-2-6-10(13-8)9-5-3-7-12-11(9)14/h6-10H,1-5H3,(H2,21,24);5-10H,1-4H3,(H2,20,23);4-12H,1-3H3;2-6H,1H3,(H2,15,18);2-7H,1H3;3-8H,1-2H3;2-7H,1H3,(H,12,14)/b;;15-12-;;;;. The number of aromatic nitrogens is 15. The molecule has 744 valence electrons. The molecule has 0 radical (unpaired) electrons. The Labute approximate surface area is 854 Å². The van der Waals surface area contributed by atoms with Gasteiger partial charge in [0.2, 0.25) is 11.8 Å². The number of hydrogen-bond donors (Lipinski definition) is 4. The summed E-state index contributed by atoms with van der Waals surface area (Å²) in [5.74, 6) is -1.62. The molecule has 0 atom stereocenters. The van der Waals surface area contributed by atoms with Gasteiger partial charge >= 0.3 is 29.9 Å². The highest BCUT2D eigenvalue weighted by Crippen LogP contribution is 2.43. The minimum atomic E-state index is -5.78. The van der Waals surface area contributed by atoms with Crippen molar-refractivity contribution in [1.29, 1.82) is 0 Å². The van der Waals surface area contributed by atoms with E-state index in [9.17, 15) is 45.6 Å². The van der Waals surface area contributed by atoms with Crippen molar-refractivity contribution in [2.45, 2.75) is 125 Å². The third kappa shape index (κ3) is 24.6. The van der Waals surface area contributed by atoms with Crippen molar-refractivity contribution in [1.82, 2.24) is 77.3 Å². The van der Waals surface area contributed by atoms with E-state index in [1.165, 1.54) is 41.7 Å². The van der Waals surface area contributed by atoms with Crippen molar-refractivity contribution in [3.8, 4) is 76.9 Å². The topological polar surface area (TPSA) is 418 Å². The second-order valence-electron chi connectivity index (χ2n) is 35.4. The Bertz CT molecular complexity index is 8040. The van der Waals surface area contributed by atoms with Gasteiger partial charge in [-0.2, -0.15) is 21.6 Å². The first-order valence-electron chi connectivity index (χ1n) is 44.9. The number of aryl methyl sites for hydroxylation is 6. The molecule has 2 aliphatic heterocycles. The van der Waals surface area contributed by atoms with Crippen LogP contribution < -0.4 is 42.6 Å². The smallest absolute Gasteiger partial charge is 0.481 e. The third-order valence-electron chi connectivity index (χ3n) is 23.4. The van der Waals surface area contributed by atoms with Crippen LogP contribution in [0.4, 0.5) is 13.2 Å². The minimum Gasteiger partial charge on any atom is -0.481 e. The molecule has 7 N–H and O–H groups in total. The van der Waals surface area contributed by atoms with Crippen LogP contribution in [-0.2, 0) is 28.7 Å². The number of rotatable bonds is 18. The number of allylic oxidation sites excluding steroid dienone is 1.